The van der Waals surface area contributed by atoms with E-state index in [0.717, 1.165) is 30.9 Å². The van der Waals surface area contributed by atoms with Gasteiger partial charge in [-0.05, 0) is 94.8 Å². The van der Waals surface area contributed by atoms with E-state index in [2.05, 4.69) is 18.7 Å². The smallest absolute Gasteiger partial charge is 0.0900 e. The molecule has 1 N–H and O–H groups in total. The summed E-state index contributed by atoms with van der Waals surface area (Å²) in [5.74, 6) is 3.08. The van der Waals surface area contributed by atoms with Gasteiger partial charge >= 0.3 is 0 Å². The van der Waals surface area contributed by atoms with E-state index in [1.807, 2.05) is 0 Å². The van der Waals surface area contributed by atoms with E-state index in [4.69, 9.17) is 4.74 Å². The molecule has 0 aromatic rings. The van der Waals surface area contributed by atoms with Gasteiger partial charge in [-0.1, -0.05) is 6.42 Å². The Hall–Kier alpha value is -0.120. The highest BCUT2D eigenvalue weighted by molar-refractivity contribution is 5.01. The first-order valence-corrected chi connectivity index (χ1v) is 11.0. The van der Waals surface area contributed by atoms with E-state index in [-0.39, 0.29) is 6.10 Å². The SMILES string of the molecule is CC1CCCC(C)N1CC(O)COCCC12CC3CC(CC(C3)C1)C2. The van der Waals surface area contributed by atoms with Crippen LogP contribution >= 0.6 is 0 Å². The summed E-state index contributed by atoms with van der Waals surface area (Å²) in [4.78, 5) is 2.48. The third-order valence-corrected chi connectivity index (χ3v) is 8.05. The number of hydrogen-bond acceptors (Lipinski definition) is 3. The second-order valence-electron chi connectivity index (χ2n) is 10.2. The standard InChI is InChI=1S/C22H39NO2/c1-16-4-3-5-17(2)23(16)14-21(24)15-25-7-6-22-11-18-8-19(12-22)10-20(9-18)13-22/h16-21,24H,3-15H2,1-2H3. The first-order valence-electron chi connectivity index (χ1n) is 11.0. The van der Waals surface area contributed by atoms with Crippen molar-refractivity contribution in [1.82, 2.24) is 4.90 Å². The topological polar surface area (TPSA) is 32.7 Å². The Morgan fingerprint density at radius 3 is 2.12 bits per heavy atom. The van der Waals surface area contributed by atoms with E-state index in [9.17, 15) is 5.11 Å². The first-order chi connectivity index (χ1) is 12.0. The molecule has 4 aliphatic carbocycles. The quantitative estimate of drug-likeness (QED) is 0.698. The Labute approximate surface area is 154 Å². The van der Waals surface area contributed by atoms with Crippen LogP contribution in [0.5, 0.6) is 0 Å². The zero-order chi connectivity index (χ0) is 17.4. The van der Waals surface area contributed by atoms with Crippen molar-refractivity contribution >= 4 is 0 Å². The van der Waals surface area contributed by atoms with Gasteiger partial charge in [-0.15, -0.1) is 0 Å². The fraction of sp³-hybridized carbons (Fsp3) is 1.00. The minimum atomic E-state index is -0.334. The van der Waals surface area contributed by atoms with Crippen molar-refractivity contribution in [1.29, 1.82) is 0 Å². The van der Waals surface area contributed by atoms with Gasteiger partial charge in [0.15, 0.2) is 0 Å². The predicted molar refractivity (Wildman–Crippen MR) is 102 cm³/mol. The number of hydrogen-bond donors (Lipinski definition) is 1. The number of β-amino-alcohol motifs (C(OH)–C–C–N with tert-alkyl or cyclic N) is 1. The Kier molecular flexibility index (Phi) is 5.46. The monoisotopic (exact) mass is 349 g/mol. The van der Waals surface area contributed by atoms with Crippen molar-refractivity contribution in [2.24, 2.45) is 23.2 Å². The number of likely N-dealkylation sites (tertiary alicyclic amines) is 1. The van der Waals surface area contributed by atoms with Gasteiger partial charge < -0.3 is 9.84 Å². The van der Waals surface area contributed by atoms with Crippen LogP contribution in [0.2, 0.25) is 0 Å². The highest BCUT2D eigenvalue weighted by atomic mass is 16.5. The molecule has 4 bridgehead atoms. The Bertz CT molecular complexity index is 406. The van der Waals surface area contributed by atoms with Crippen molar-refractivity contribution in [3.63, 3.8) is 0 Å². The van der Waals surface area contributed by atoms with Crippen molar-refractivity contribution < 1.29 is 9.84 Å². The molecule has 4 saturated carbocycles. The zero-order valence-electron chi connectivity index (χ0n) is 16.5. The molecule has 1 heterocycles. The van der Waals surface area contributed by atoms with E-state index in [1.54, 1.807) is 0 Å². The summed E-state index contributed by atoms with van der Waals surface area (Å²) in [6, 6.07) is 1.20. The van der Waals surface area contributed by atoms with Crippen molar-refractivity contribution in [3.05, 3.63) is 0 Å². The summed E-state index contributed by atoms with van der Waals surface area (Å²) in [5, 5.41) is 10.4. The molecule has 0 aromatic carbocycles. The third kappa shape index (κ3) is 4.09. The van der Waals surface area contributed by atoms with Gasteiger partial charge in [0.25, 0.3) is 0 Å². The number of ether oxygens (including phenoxy) is 1. The van der Waals surface area contributed by atoms with Crippen molar-refractivity contribution in [2.45, 2.75) is 96.2 Å². The second-order valence-corrected chi connectivity index (χ2v) is 10.2. The highest BCUT2D eigenvalue weighted by Gasteiger charge is 2.50. The Morgan fingerprint density at radius 2 is 1.56 bits per heavy atom. The van der Waals surface area contributed by atoms with Gasteiger partial charge in [-0.3, -0.25) is 4.90 Å². The van der Waals surface area contributed by atoms with Gasteiger partial charge in [0.05, 0.1) is 12.7 Å². The molecule has 1 saturated heterocycles. The second kappa shape index (κ2) is 7.48. The lowest BCUT2D eigenvalue weighted by Crippen LogP contribution is -2.48. The van der Waals surface area contributed by atoms with Gasteiger partial charge in [0.1, 0.15) is 0 Å². The lowest BCUT2D eigenvalue weighted by molar-refractivity contribution is -0.0754. The maximum absolute atomic E-state index is 10.4. The van der Waals surface area contributed by atoms with Crippen LogP contribution in [-0.4, -0.2) is 48.0 Å². The summed E-state index contributed by atoms with van der Waals surface area (Å²) >= 11 is 0. The number of nitrogens with zero attached hydrogens (tertiary/aromatic N) is 1. The summed E-state index contributed by atoms with van der Waals surface area (Å²) in [7, 11) is 0. The Balaban J connectivity index is 1.18. The molecule has 5 fully saturated rings. The molecule has 0 spiro atoms. The van der Waals surface area contributed by atoms with Crippen LogP contribution in [0.15, 0.2) is 0 Å². The van der Waals surface area contributed by atoms with E-state index < -0.39 is 0 Å². The molecule has 3 atom stereocenters. The molecule has 3 unspecified atom stereocenters. The van der Waals surface area contributed by atoms with Crippen LogP contribution in [0.1, 0.15) is 78.1 Å². The highest BCUT2D eigenvalue weighted by Crippen LogP contribution is 2.61. The van der Waals surface area contributed by atoms with E-state index in [0.29, 0.717) is 24.1 Å². The molecule has 3 heteroatoms. The average molecular weight is 350 g/mol. The molecular formula is C22H39NO2. The average Bonchev–Trinajstić information content (AvgIpc) is 2.54. The molecule has 0 aromatic heterocycles. The van der Waals surface area contributed by atoms with Gasteiger partial charge in [0.2, 0.25) is 0 Å². The van der Waals surface area contributed by atoms with Crippen LogP contribution < -0.4 is 0 Å². The van der Waals surface area contributed by atoms with Gasteiger partial charge in [-0.2, -0.15) is 0 Å². The zero-order valence-corrected chi connectivity index (χ0v) is 16.5. The van der Waals surface area contributed by atoms with Gasteiger partial charge in [0, 0.05) is 25.2 Å². The molecule has 0 amide bonds. The molecule has 144 valence electrons. The number of piperidine rings is 1. The lowest BCUT2D eigenvalue weighted by Gasteiger charge is -2.57. The lowest BCUT2D eigenvalue weighted by atomic mass is 9.49. The van der Waals surface area contributed by atoms with Crippen molar-refractivity contribution in [2.75, 3.05) is 19.8 Å². The molecule has 5 rings (SSSR count). The molecule has 3 nitrogen and oxygen atoms in total. The molecule has 1 aliphatic heterocycles. The van der Waals surface area contributed by atoms with Crippen LogP contribution in [0.4, 0.5) is 0 Å². The fourth-order valence-electron chi connectivity index (χ4n) is 7.23. The molecule has 25 heavy (non-hydrogen) atoms. The molecule has 5 aliphatic rings. The fourth-order valence-corrected chi connectivity index (χ4v) is 7.23. The van der Waals surface area contributed by atoms with Crippen molar-refractivity contribution in [3.8, 4) is 0 Å². The maximum Gasteiger partial charge on any atom is 0.0900 e. The first kappa shape index (κ1) is 18.3. The minimum Gasteiger partial charge on any atom is -0.389 e. The summed E-state index contributed by atoms with van der Waals surface area (Å²) in [5.41, 5.74) is 0.607. The van der Waals surface area contributed by atoms with Crippen LogP contribution in [0.25, 0.3) is 0 Å². The van der Waals surface area contributed by atoms with Gasteiger partial charge in [-0.25, -0.2) is 0 Å². The number of aliphatic hydroxyl groups is 1. The van der Waals surface area contributed by atoms with Crippen LogP contribution in [-0.2, 0) is 4.74 Å². The number of rotatable bonds is 7. The van der Waals surface area contributed by atoms with E-state index >= 15 is 0 Å². The molecule has 0 radical (unpaired) electrons. The third-order valence-electron chi connectivity index (χ3n) is 8.05. The maximum atomic E-state index is 10.4. The largest absolute Gasteiger partial charge is 0.389 e. The molecular weight excluding hydrogens is 310 g/mol. The summed E-state index contributed by atoms with van der Waals surface area (Å²) in [6.07, 6.45) is 13.7. The summed E-state index contributed by atoms with van der Waals surface area (Å²) < 4.78 is 5.97. The normalized spacial score (nSPS) is 45.0. The van der Waals surface area contributed by atoms with Crippen LogP contribution in [0, 0.1) is 23.2 Å². The minimum absolute atomic E-state index is 0.334. The van der Waals surface area contributed by atoms with Crippen LogP contribution in [0.3, 0.4) is 0 Å². The number of aliphatic hydroxyl groups excluding tert-OH is 1. The Morgan fingerprint density at radius 1 is 1.00 bits per heavy atom. The predicted octanol–water partition coefficient (Wildman–Crippen LogP) is 4.23. The summed E-state index contributed by atoms with van der Waals surface area (Å²) in [6.45, 7) is 6.75. The van der Waals surface area contributed by atoms with E-state index in [1.165, 1.54) is 64.2 Å².